The summed E-state index contributed by atoms with van der Waals surface area (Å²) in [6.45, 7) is 5.34. The zero-order valence-corrected chi connectivity index (χ0v) is 17.9. The number of benzene rings is 2. The number of anilines is 3. The Balaban J connectivity index is 1.24. The van der Waals surface area contributed by atoms with E-state index in [1.165, 1.54) is 34.3 Å². The van der Waals surface area contributed by atoms with E-state index in [1.54, 1.807) is 0 Å². The Bertz CT molecular complexity index is 954. The number of aromatic nitrogens is 2. The zero-order chi connectivity index (χ0) is 20.1. The average molecular weight is 426 g/mol. The summed E-state index contributed by atoms with van der Waals surface area (Å²) in [5, 5.41) is 12.3. The van der Waals surface area contributed by atoms with Crippen LogP contribution in [0.3, 0.4) is 0 Å². The molecule has 0 aliphatic carbocycles. The van der Waals surface area contributed by atoms with Crippen LogP contribution in [0, 0.1) is 6.92 Å². The van der Waals surface area contributed by atoms with Gasteiger partial charge in [0.05, 0.1) is 5.75 Å². The summed E-state index contributed by atoms with van der Waals surface area (Å²) in [5.74, 6) is 0.552. The van der Waals surface area contributed by atoms with Gasteiger partial charge in [0.2, 0.25) is 11.0 Å². The van der Waals surface area contributed by atoms with Gasteiger partial charge in [-0.25, -0.2) is 0 Å². The summed E-state index contributed by atoms with van der Waals surface area (Å²) >= 11 is 2.92. The Morgan fingerprint density at radius 3 is 2.62 bits per heavy atom. The summed E-state index contributed by atoms with van der Waals surface area (Å²) in [5.41, 5.74) is 3.47. The fourth-order valence-corrected chi connectivity index (χ4v) is 4.89. The molecule has 1 saturated heterocycles. The van der Waals surface area contributed by atoms with Gasteiger partial charge in [0, 0.05) is 37.6 Å². The highest BCUT2D eigenvalue weighted by atomic mass is 32.2. The summed E-state index contributed by atoms with van der Waals surface area (Å²) in [6, 6.07) is 18.4. The predicted molar refractivity (Wildman–Crippen MR) is 120 cm³/mol. The maximum Gasteiger partial charge on any atom is 0.233 e. The summed E-state index contributed by atoms with van der Waals surface area (Å²) in [7, 11) is 0. The van der Waals surface area contributed by atoms with Crippen LogP contribution in [-0.2, 0) is 4.79 Å². The van der Waals surface area contributed by atoms with E-state index in [1.807, 2.05) is 35.2 Å². The molecule has 0 saturated carbocycles. The number of aryl methyl sites for hydroxylation is 1. The minimum Gasteiger partial charge on any atom is -0.368 e. The molecule has 1 N–H and O–H groups in total. The highest BCUT2D eigenvalue weighted by molar-refractivity contribution is 8.01. The average Bonchev–Trinajstić information content (AvgIpc) is 3.20. The van der Waals surface area contributed by atoms with Crippen LogP contribution in [0.1, 0.15) is 5.56 Å². The quantitative estimate of drug-likeness (QED) is 0.602. The Morgan fingerprint density at radius 1 is 1.07 bits per heavy atom. The second-order valence-electron chi connectivity index (χ2n) is 6.86. The Kier molecular flexibility index (Phi) is 6.31. The molecule has 8 heteroatoms. The van der Waals surface area contributed by atoms with Crippen molar-refractivity contribution in [2.24, 2.45) is 0 Å². The molecule has 150 valence electrons. The molecule has 0 unspecified atom stereocenters. The van der Waals surface area contributed by atoms with Crippen LogP contribution in [-0.4, -0.2) is 52.9 Å². The molecule has 2 aromatic carbocycles. The third-order valence-corrected chi connectivity index (χ3v) is 6.71. The molecule has 1 aliphatic heterocycles. The molecule has 1 aliphatic rings. The maximum absolute atomic E-state index is 12.6. The Labute approximate surface area is 178 Å². The van der Waals surface area contributed by atoms with Crippen LogP contribution in [0.2, 0.25) is 0 Å². The molecule has 6 nitrogen and oxygen atoms in total. The van der Waals surface area contributed by atoms with Crippen molar-refractivity contribution in [2.75, 3.05) is 42.1 Å². The molecule has 2 heterocycles. The summed E-state index contributed by atoms with van der Waals surface area (Å²) in [6.07, 6.45) is 0. The van der Waals surface area contributed by atoms with Crippen molar-refractivity contribution in [3.05, 3.63) is 60.2 Å². The zero-order valence-electron chi connectivity index (χ0n) is 16.2. The molecule has 1 aromatic heterocycles. The van der Waals surface area contributed by atoms with Crippen LogP contribution < -0.4 is 10.2 Å². The molecule has 3 aromatic rings. The molecule has 1 amide bonds. The van der Waals surface area contributed by atoms with Crippen LogP contribution in [0.25, 0.3) is 0 Å². The third kappa shape index (κ3) is 5.27. The molecular formula is C21H23N5OS2. The standard InChI is InChI=1S/C21H23N5OS2/c1-16-6-5-9-18(14-16)25-10-12-26(13-11-25)19(27)15-28-21-24-23-20(29-21)22-17-7-3-2-4-8-17/h2-9,14H,10-13,15H2,1H3,(H,22,23). The second-order valence-corrected chi connectivity index (χ2v) is 9.06. The molecule has 0 radical (unpaired) electrons. The summed E-state index contributed by atoms with van der Waals surface area (Å²) < 4.78 is 0.801. The number of piperazine rings is 1. The van der Waals surface area contributed by atoms with E-state index in [4.69, 9.17) is 0 Å². The largest absolute Gasteiger partial charge is 0.368 e. The lowest BCUT2D eigenvalue weighted by atomic mass is 10.2. The molecule has 29 heavy (non-hydrogen) atoms. The summed E-state index contributed by atoms with van der Waals surface area (Å²) in [4.78, 5) is 16.9. The van der Waals surface area contributed by atoms with Gasteiger partial charge in [0.1, 0.15) is 0 Å². The highest BCUT2D eigenvalue weighted by Gasteiger charge is 2.21. The van der Waals surface area contributed by atoms with Crippen molar-refractivity contribution in [3.63, 3.8) is 0 Å². The number of thioether (sulfide) groups is 1. The lowest BCUT2D eigenvalue weighted by Gasteiger charge is -2.36. The molecule has 1 fully saturated rings. The number of nitrogens with zero attached hydrogens (tertiary/aromatic N) is 4. The first-order chi connectivity index (χ1) is 14.2. The molecular weight excluding hydrogens is 402 g/mol. The topological polar surface area (TPSA) is 61.4 Å². The van der Waals surface area contributed by atoms with Crippen LogP contribution >= 0.6 is 23.1 Å². The van der Waals surface area contributed by atoms with Crippen LogP contribution in [0.15, 0.2) is 58.9 Å². The van der Waals surface area contributed by atoms with E-state index in [0.717, 1.165) is 41.3 Å². The molecule has 0 spiro atoms. The van der Waals surface area contributed by atoms with Gasteiger partial charge in [0.15, 0.2) is 4.34 Å². The first-order valence-electron chi connectivity index (χ1n) is 9.55. The van der Waals surface area contributed by atoms with Crippen molar-refractivity contribution < 1.29 is 4.79 Å². The van der Waals surface area contributed by atoms with E-state index in [-0.39, 0.29) is 5.91 Å². The van der Waals surface area contributed by atoms with E-state index in [9.17, 15) is 4.79 Å². The van der Waals surface area contributed by atoms with Gasteiger partial charge in [-0.1, -0.05) is 53.4 Å². The normalized spacial score (nSPS) is 14.1. The maximum atomic E-state index is 12.6. The molecule has 0 atom stereocenters. The van der Waals surface area contributed by atoms with Crippen molar-refractivity contribution in [1.29, 1.82) is 0 Å². The van der Waals surface area contributed by atoms with Gasteiger partial charge in [0.25, 0.3) is 0 Å². The van der Waals surface area contributed by atoms with Gasteiger partial charge in [-0.05, 0) is 36.8 Å². The van der Waals surface area contributed by atoms with Gasteiger partial charge in [-0.2, -0.15) is 0 Å². The first-order valence-corrected chi connectivity index (χ1v) is 11.4. The number of hydrogen-bond acceptors (Lipinski definition) is 7. The number of carbonyl (C=O) groups excluding carboxylic acids is 1. The van der Waals surface area contributed by atoms with Crippen molar-refractivity contribution >= 4 is 45.5 Å². The highest BCUT2D eigenvalue weighted by Crippen LogP contribution is 2.28. The fourth-order valence-electron chi connectivity index (χ4n) is 3.22. The van der Waals surface area contributed by atoms with Gasteiger partial charge in [-0.15, -0.1) is 10.2 Å². The second kappa shape index (κ2) is 9.28. The number of hydrogen-bond donors (Lipinski definition) is 1. The van der Waals surface area contributed by atoms with E-state index in [2.05, 4.69) is 51.6 Å². The molecule has 0 bridgehead atoms. The minimum absolute atomic E-state index is 0.159. The van der Waals surface area contributed by atoms with E-state index in [0.29, 0.717) is 5.75 Å². The lowest BCUT2D eigenvalue weighted by molar-refractivity contribution is -0.128. The predicted octanol–water partition coefficient (Wildman–Crippen LogP) is 4.03. The van der Waals surface area contributed by atoms with E-state index >= 15 is 0 Å². The van der Waals surface area contributed by atoms with E-state index < -0.39 is 0 Å². The monoisotopic (exact) mass is 425 g/mol. The molecule has 4 rings (SSSR count). The lowest BCUT2D eigenvalue weighted by Crippen LogP contribution is -2.49. The van der Waals surface area contributed by atoms with Crippen LogP contribution in [0.5, 0.6) is 0 Å². The first kappa shape index (κ1) is 19.7. The van der Waals surface area contributed by atoms with Gasteiger partial charge >= 0.3 is 0 Å². The third-order valence-electron chi connectivity index (χ3n) is 4.75. The number of carbonyl (C=O) groups is 1. The van der Waals surface area contributed by atoms with Crippen molar-refractivity contribution in [2.45, 2.75) is 11.3 Å². The minimum atomic E-state index is 0.159. The van der Waals surface area contributed by atoms with Crippen molar-refractivity contribution in [1.82, 2.24) is 15.1 Å². The number of para-hydroxylation sites is 1. The fraction of sp³-hybridized carbons (Fsp3) is 0.286. The number of nitrogens with one attached hydrogen (secondary N) is 1. The number of amides is 1. The number of rotatable bonds is 6. The smallest absolute Gasteiger partial charge is 0.233 e. The van der Waals surface area contributed by atoms with Crippen LogP contribution in [0.4, 0.5) is 16.5 Å². The van der Waals surface area contributed by atoms with Gasteiger partial charge in [-0.3, -0.25) is 4.79 Å². The SMILES string of the molecule is Cc1cccc(N2CCN(C(=O)CSc3nnc(Nc4ccccc4)s3)CC2)c1. The Morgan fingerprint density at radius 2 is 1.86 bits per heavy atom. The van der Waals surface area contributed by atoms with Gasteiger partial charge < -0.3 is 15.1 Å². The Hall–Kier alpha value is -2.58. The van der Waals surface area contributed by atoms with Crippen molar-refractivity contribution in [3.8, 4) is 0 Å².